The molecule has 1 aliphatic heterocycles. The Hall–Kier alpha value is -0.780. The molecule has 1 aliphatic rings. The van der Waals surface area contributed by atoms with Crippen LogP contribution in [0.1, 0.15) is 45.1 Å². The van der Waals surface area contributed by atoms with Gasteiger partial charge in [0.05, 0.1) is 0 Å². The molecule has 124 valence electrons. The van der Waals surface area contributed by atoms with Gasteiger partial charge in [0.1, 0.15) is 0 Å². The van der Waals surface area contributed by atoms with Gasteiger partial charge in [-0.3, -0.25) is 4.99 Å². The molecule has 0 bridgehead atoms. The Balaban J connectivity index is 0.00000242. The maximum atomic E-state index is 4.92. The molecule has 1 atom stereocenters. The molecule has 22 heavy (non-hydrogen) atoms. The predicted molar refractivity (Wildman–Crippen MR) is 106 cm³/mol. The van der Waals surface area contributed by atoms with E-state index >= 15 is 0 Å². The maximum Gasteiger partial charge on any atom is 0.193 e. The number of aliphatic imine (C=N–C) groups is 1. The van der Waals surface area contributed by atoms with Crippen LogP contribution >= 0.6 is 24.0 Å². The third-order valence-corrected chi connectivity index (χ3v) is 4.21. The van der Waals surface area contributed by atoms with Crippen LogP contribution in [0.2, 0.25) is 0 Å². The van der Waals surface area contributed by atoms with Crippen molar-refractivity contribution in [3.05, 3.63) is 35.9 Å². The molecule has 0 spiro atoms. The van der Waals surface area contributed by atoms with E-state index in [-0.39, 0.29) is 24.0 Å². The van der Waals surface area contributed by atoms with Gasteiger partial charge in [-0.2, -0.15) is 0 Å². The summed E-state index contributed by atoms with van der Waals surface area (Å²) in [5.41, 5.74) is 1.40. The molecule has 1 heterocycles. The second-order valence-electron chi connectivity index (χ2n) is 6.15. The van der Waals surface area contributed by atoms with Crippen molar-refractivity contribution in [1.82, 2.24) is 10.2 Å². The van der Waals surface area contributed by atoms with E-state index in [1.807, 2.05) is 0 Å². The van der Waals surface area contributed by atoms with E-state index in [2.05, 4.69) is 61.3 Å². The summed E-state index contributed by atoms with van der Waals surface area (Å²) in [4.78, 5) is 7.32. The second kappa shape index (κ2) is 10.1. The summed E-state index contributed by atoms with van der Waals surface area (Å²) in [6.07, 6.45) is 2.58. The lowest BCUT2D eigenvalue weighted by atomic mass is 9.88. The first kappa shape index (κ1) is 19.3. The molecule has 2 rings (SSSR count). The number of hydrogen-bond acceptors (Lipinski definition) is 1. The Morgan fingerprint density at radius 2 is 1.82 bits per heavy atom. The van der Waals surface area contributed by atoms with Crippen LogP contribution in [0.15, 0.2) is 35.3 Å². The fourth-order valence-corrected chi connectivity index (χ4v) is 2.94. The van der Waals surface area contributed by atoms with Crippen LogP contribution in [0.4, 0.5) is 0 Å². The minimum Gasteiger partial charge on any atom is -0.357 e. The summed E-state index contributed by atoms with van der Waals surface area (Å²) in [5, 5.41) is 3.45. The molecule has 1 N–H and O–H groups in total. The average molecular weight is 415 g/mol. The van der Waals surface area contributed by atoms with Crippen molar-refractivity contribution in [2.45, 2.75) is 39.5 Å². The second-order valence-corrected chi connectivity index (χ2v) is 6.15. The molecule has 0 aliphatic carbocycles. The van der Waals surface area contributed by atoms with Crippen molar-refractivity contribution in [2.75, 3.05) is 26.2 Å². The number of guanidine groups is 1. The summed E-state index contributed by atoms with van der Waals surface area (Å²) < 4.78 is 0. The van der Waals surface area contributed by atoms with Gasteiger partial charge in [0, 0.05) is 32.1 Å². The van der Waals surface area contributed by atoms with Crippen LogP contribution < -0.4 is 5.32 Å². The zero-order valence-electron chi connectivity index (χ0n) is 14.1. The number of benzene rings is 1. The summed E-state index contributed by atoms with van der Waals surface area (Å²) in [5.74, 6) is 2.18. The number of nitrogens with zero attached hydrogens (tertiary/aromatic N) is 2. The molecule has 1 unspecified atom stereocenters. The first-order valence-corrected chi connectivity index (χ1v) is 8.30. The van der Waals surface area contributed by atoms with Gasteiger partial charge < -0.3 is 10.2 Å². The Morgan fingerprint density at radius 3 is 2.36 bits per heavy atom. The average Bonchev–Trinajstić information content (AvgIpc) is 3.01. The number of nitrogens with one attached hydrogen (secondary N) is 1. The highest BCUT2D eigenvalue weighted by Gasteiger charge is 2.18. The smallest absolute Gasteiger partial charge is 0.193 e. The molecule has 3 nitrogen and oxygen atoms in total. The summed E-state index contributed by atoms with van der Waals surface area (Å²) in [6.45, 7) is 10.8. The Kier molecular flexibility index (Phi) is 8.83. The molecular weight excluding hydrogens is 385 g/mol. The lowest BCUT2D eigenvalue weighted by Crippen LogP contribution is -2.40. The lowest BCUT2D eigenvalue weighted by molar-refractivity contribution is 0.476. The first-order valence-electron chi connectivity index (χ1n) is 8.30. The Morgan fingerprint density at radius 1 is 1.18 bits per heavy atom. The molecule has 0 saturated carbocycles. The molecule has 1 aromatic rings. The minimum absolute atomic E-state index is 0. The van der Waals surface area contributed by atoms with E-state index in [1.54, 1.807) is 0 Å². The highest BCUT2D eigenvalue weighted by atomic mass is 127. The van der Waals surface area contributed by atoms with Gasteiger partial charge >= 0.3 is 0 Å². The molecule has 1 aromatic carbocycles. The van der Waals surface area contributed by atoms with E-state index in [0.29, 0.717) is 11.8 Å². The van der Waals surface area contributed by atoms with Gasteiger partial charge in [0.2, 0.25) is 0 Å². The standard InChI is InChI=1S/C18H29N3.HI/c1-4-19-18(21-12-8-9-13-21)20-14-17(15(2)3)16-10-6-5-7-11-16;/h5-7,10-11,15,17H,4,8-9,12-14H2,1-3H3,(H,19,20);1H. The monoisotopic (exact) mass is 415 g/mol. The zero-order valence-corrected chi connectivity index (χ0v) is 16.4. The van der Waals surface area contributed by atoms with E-state index < -0.39 is 0 Å². The van der Waals surface area contributed by atoms with E-state index in [0.717, 1.165) is 32.1 Å². The Bertz CT molecular complexity index is 439. The van der Waals surface area contributed by atoms with E-state index in [9.17, 15) is 0 Å². The molecule has 1 fully saturated rings. The van der Waals surface area contributed by atoms with Crippen LogP contribution in [-0.4, -0.2) is 37.0 Å². The van der Waals surface area contributed by atoms with Crippen molar-refractivity contribution >= 4 is 29.9 Å². The SMILES string of the molecule is CCNC(=NCC(c1ccccc1)C(C)C)N1CCCC1.I. The largest absolute Gasteiger partial charge is 0.357 e. The third-order valence-electron chi connectivity index (χ3n) is 4.21. The molecular formula is C18H30IN3. The van der Waals surface area contributed by atoms with Crippen LogP contribution in [0.5, 0.6) is 0 Å². The number of likely N-dealkylation sites (tertiary alicyclic amines) is 1. The van der Waals surface area contributed by atoms with E-state index in [4.69, 9.17) is 4.99 Å². The van der Waals surface area contributed by atoms with Gasteiger partial charge in [0.15, 0.2) is 5.96 Å². The molecule has 0 amide bonds. The van der Waals surface area contributed by atoms with E-state index in [1.165, 1.54) is 18.4 Å². The Labute approximate surface area is 152 Å². The minimum atomic E-state index is 0. The van der Waals surface area contributed by atoms with Crippen LogP contribution in [0, 0.1) is 5.92 Å². The van der Waals surface area contributed by atoms with Gasteiger partial charge in [-0.1, -0.05) is 44.2 Å². The summed E-state index contributed by atoms with van der Waals surface area (Å²) >= 11 is 0. The fourth-order valence-electron chi connectivity index (χ4n) is 2.94. The van der Waals surface area contributed by atoms with Gasteiger partial charge in [-0.25, -0.2) is 0 Å². The summed E-state index contributed by atoms with van der Waals surface area (Å²) in [7, 11) is 0. The number of hydrogen-bond donors (Lipinski definition) is 1. The fraction of sp³-hybridized carbons (Fsp3) is 0.611. The topological polar surface area (TPSA) is 27.6 Å². The van der Waals surface area contributed by atoms with Crippen LogP contribution in [-0.2, 0) is 0 Å². The van der Waals surface area contributed by atoms with Gasteiger partial charge in [-0.05, 0) is 31.2 Å². The lowest BCUT2D eigenvalue weighted by Gasteiger charge is -2.24. The highest BCUT2D eigenvalue weighted by molar-refractivity contribution is 14.0. The van der Waals surface area contributed by atoms with Crippen molar-refractivity contribution in [1.29, 1.82) is 0 Å². The maximum absolute atomic E-state index is 4.92. The number of rotatable bonds is 5. The quantitative estimate of drug-likeness (QED) is 0.446. The van der Waals surface area contributed by atoms with Crippen LogP contribution in [0.25, 0.3) is 0 Å². The number of halogens is 1. The van der Waals surface area contributed by atoms with Gasteiger partial charge in [0.25, 0.3) is 0 Å². The molecule has 0 aromatic heterocycles. The molecule has 0 radical (unpaired) electrons. The predicted octanol–water partition coefficient (Wildman–Crippen LogP) is 4.11. The van der Waals surface area contributed by atoms with Crippen LogP contribution in [0.3, 0.4) is 0 Å². The van der Waals surface area contributed by atoms with Crippen molar-refractivity contribution in [3.63, 3.8) is 0 Å². The highest BCUT2D eigenvalue weighted by Crippen LogP contribution is 2.24. The third kappa shape index (κ3) is 5.45. The molecule has 1 saturated heterocycles. The normalized spacial score (nSPS) is 16.5. The first-order chi connectivity index (χ1) is 10.2. The van der Waals surface area contributed by atoms with Crippen molar-refractivity contribution in [3.8, 4) is 0 Å². The zero-order chi connectivity index (χ0) is 15.1. The molecule has 4 heteroatoms. The van der Waals surface area contributed by atoms with Gasteiger partial charge in [-0.15, -0.1) is 24.0 Å². The van der Waals surface area contributed by atoms with Crippen molar-refractivity contribution < 1.29 is 0 Å². The summed E-state index contributed by atoms with van der Waals surface area (Å²) in [6, 6.07) is 10.8. The van der Waals surface area contributed by atoms with Crippen molar-refractivity contribution in [2.24, 2.45) is 10.9 Å².